The Morgan fingerprint density at radius 2 is 1.14 bits per heavy atom. The van der Waals surface area contributed by atoms with Gasteiger partial charge >= 0.3 is 0 Å². The Kier molecular flexibility index (Phi) is 28.1. The van der Waals surface area contributed by atoms with E-state index in [9.17, 15) is 48.3 Å². The Morgan fingerprint density at radius 3 is 1.67 bits per heavy atom. The minimum absolute atomic E-state index is 0.0313. The van der Waals surface area contributed by atoms with Crippen LogP contribution in [0.3, 0.4) is 0 Å². The van der Waals surface area contributed by atoms with Crippen LogP contribution in [0, 0.1) is 11.8 Å². The van der Waals surface area contributed by atoms with Gasteiger partial charge in [-0.15, -0.1) is 0 Å². The van der Waals surface area contributed by atoms with Crippen LogP contribution < -0.4 is 42.5 Å². The van der Waals surface area contributed by atoms with E-state index in [0.717, 1.165) is 57.8 Å². The molecule has 72 heavy (non-hydrogen) atoms. The average molecular weight is 1020 g/mol. The summed E-state index contributed by atoms with van der Waals surface area (Å²) in [7, 11) is 3.79. The largest absolute Gasteiger partial charge is 0.391 e. The van der Waals surface area contributed by atoms with Crippen LogP contribution in [0.4, 0.5) is 0 Å². The minimum Gasteiger partial charge on any atom is -0.391 e. The number of hydrogen-bond donors (Lipinski definition) is 9. The number of aliphatic hydroxyl groups excluding tert-OH is 1. The molecular weight excluding hydrogens is 925 g/mol. The van der Waals surface area contributed by atoms with Crippen LogP contribution >= 0.6 is 0 Å². The maximum Gasteiger partial charge on any atom is 0.246 e. The topological polar surface area (TPSA) is 277 Å². The fourth-order valence-electron chi connectivity index (χ4n) is 8.66. The van der Waals surface area contributed by atoms with Crippen molar-refractivity contribution >= 4 is 53.7 Å². The molecule has 0 saturated heterocycles. The number of amides is 9. The molecule has 0 spiro atoms. The average Bonchev–Trinajstić information content (AvgIpc) is 3.79. The molecule has 9 amide bonds. The van der Waals surface area contributed by atoms with Crippen molar-refractivity contribution in [2.45, 2.75) is 239 Å². The van der Waals surface area contributed by atoms with E-state index >= 15 is 0 Å². The summed E-state index contributed by atoms with van der Waals surface area (Å²) in [5, 5.41) is 32.6. The monoisotopic (exact) mass is 1020 g/mol. The van der Waals surface area contributed by atoms with Crippen molar-refractivity contribution in [3.05, 3.63) is 0 Å². The van der Waals surface area contributed by atoms with Gasteiger partial charge in [0.1, 0.15) is 40.8 Å². The minimum atomic E-state index is -1.68. The van der Waals surface area contributed by atoms with Crippen molar-refractivity contribution in [1.29, 1.82) is 0 Å². The van der Waals surface area contributed by atoms with Crippen LogP contribution in [0.5, 0.6) is 0 Å². The summed E-state index contributed by atoms with van der Waals surface area (Å²) in [5.74, 6) is -5.25. The van der Waals surface area contributed by atoms with Crippen molar-refractivity contribution in [2.75, 3.05) is 27.2 Å². The molecule has 1 saturated carbocycles. The Balaban J connectivity index is 3.15. The lowest BCUT2D eigenvalue weighted by Gasteiger charge is -2.35. The Morgan fingerprint density at radius 1 is 0.625 bits per heavy atom. The van der Waals surface area contributed by atoms with Crippen LogP contribution in [-0.2, 0) is 43.2 Å². The summed E-state index contributed by atoms with van der Waals surface area (Å²) in [6.07, 6.45) is 9.33. The first-order valence-corrected chi connectivity index (χ1v) is 26.4. The highest BCUT2D eigenvalue weighted by Crippen LogP contribution is 2.26. The number of hydrogen-bond acceptors (Lipinski definition) is 11. The fraction of sp³-hybridized carbons (Fsp3) is 0.827. The van der Waals surface area contributed by atoms with Gasteiger partial charge in [0, 0.05) is 31.6 Å². The number of nitrogens with zero attached hydrogens (tertiary/aromatic N) is 2. The molecule has 20 nitrogen and oxygen atoms in total. The highest BCUT2D eigenvalue weighted by molar-refractivity contribution is 5.99. The predicted octanol–water partition coefficient (Wildman–Crippen LogP) is 2.69. The van der Waals surface area contributed by atoms with E-state index in [1.165, 1.54) is 48.5 Å². The van der Waals surface area contributed by atoms with Crippen LogP contribution in [0.15, 0.2) is 0 Å². The van der Waals surface area contributed by atoms with E-state index in [4.69, 9.17) is 0 Å². The summed E-state index contributed by atoms with van der Waals surface area (Å²) in [6.45, 7) is 22.2. The summed E-state index contributed by atoms with van der Waals surface area (Å²) in [5.41, 5.74) is -4.70. The third kappa shape index (κ3) is 23.4. The molecule has 0 aliphatic heterocycles. The molecule has 0 bridgehead atoms. The third-order valence-electron chi connectivity index (χ3n) is 12.8. The second-order valence-corrected chi connectivity index (χ2v) is 22.7. The fourth-order valence-corrected chi connectivity index (χ4v) is 8.66. The zero-order valence-electron chi connectivity index (χ0n) is 46.6. The number of unbranched alkanes of at least 4 members (excludes halogenated alkanes) is 5. The second kappa shape index (κ2) is 31.0. The lowest BCUT2D eigenvalue weighted by atomic mass is 9.96. The van der Waals surface area contributed by atoms with Gasteiger partial charge in [0.15, 0.2) is 0 Å². The van der Waals surface area contributed by atoms with Crippen molar-refractivity contribution in [2.24, 2.45) is 11.8 Å². The van der Waals surface area contributed by atoms with Crippen LogP contribution in [0.25, 0.3) is 0 Å². The SMILES string of the molecule is CCCCCCCC[C@@H](C(=O)N[C@H](C(=O)NC(C)(C)C(=O)N[C@@H](CC(C)C)C(=O)N[C@@H](CC(C)C)C(=O)NC(C)(C)C(=O)NC(C)(C)C(=O)NCCC(=O)N[C@@H](C)CN(C)C)[C@@H](C)O)N(C=O)C1CCCC1. The van der Waals surface area contributed by atoms with E-state index in [0.29, 0.717) is 25.8 Å². The van der Waals surface area contributed by atoms with Crippen LogP contribution in [0.1, 0.15) is 180 Å². The highest BCUT2D eigenvalue weighted by atomic mass is 16.3. The molecule has 1 rings (SSSR count). The molecule has 0 unspecified atom stereocenters. The molecule has 414 valence electrons. The Labute approximate surface area is 431 Å². The van der Waals surface area contributed by atoms with Crippen molar-refractivity contribution in [3.63, 3.8) is 0 Å². The second-order valence-electron chi connectivity index (χ2n) is 22.7. The van der Waals surface area contributed by atoms with Gasteiger partial charge in [-0.05, 0) is 113 Å². The molecule has 1 fully saturated rings. The van der Waals surface area contributed by atoms with E-state index < -0.39 is 88.2 Å². The smallest absolute Gasteiger partial charge is 0.246 e. The molecule has 6 atom stereocenters. The number of rotatable bonds is 34. The summed E-state index contributed by atoms with van der Waals surface area (Å²) < 4.78 is 0. The van der Waals surface area contributed by atoms with E-state index in [1.807, 2.05) is 53.6 Å². The van der Waals surface area contributed by atoms with Crippen LogP contribution in [-0.4, -0.2) is 155 Å². The van der Waals surface area contributed by atoms with Gasteiger partial charge in [-0.2, -0.15) is 0 Å². The van der Waals surface area contributed by atoms with Gasteiger partial charge in [-0.25, -0.2) is 0 Å². The van der Waals surface area contributed by atoms with Gasteiger partial charge < -0.3 is 57.4 Å². The summed E-state index contributed by atoms with van der Waals surface area (Å²) in [6, 6.07) is -4.87. The third-order valence-corrected chi connectivity index (χ3v) is 12.8. The van der Waals surface area contributed by atoms with Gasteiger partial charge in [0.25, 0.3) is 0 Å². The molecule has 1 aliphatic rings. The zero-order chi connectivity index (χ0) is 55.1. The molecule has 20 heteroatoms. The Bertz CT molecular complexity index is 1780. The van der Waals surface area contributed by atoms with E-state index in [2.05, 4.69) is 49.5 Å². The van der Waals surface area contributed by atoms with Gasteiger partial charge in [-0.3, -0.25) is 43.2 Å². The molecule has 0 aromatic carbocycles. The van der Waals surface area contributed by atoms with Gasteiger partial charge in [0.05, 0.1) is 6.10 Å². The number of nitrogens with one attached hydrogen (secondary N) is 8. The Hall–Kier alpha value is -4.85. The predicted molar refractivity (Wildman–Crippen MR) is 279 cm³/mol. The number of likely N-dealkylation sites (N-methyl/N-ethyl adjacent to an activating group) is 1. The van der Waals surface area contributed by atoms with Crippen molar-refractivity contribution < 1.29 is 48.3 Å². The maximum absolute atomic E-state index is 14.1. The van der Waals surface area contributed by atoms with E-state index in [-0.39, 0.29) is 55.6 Å². The van der Waals surface area contributed by atoms with E-state index in [1.54, 1.807) is 4.90 Å². The summed E-state index contributed by atoms with van der Waals surface area (Å²) in [4.78, 5) is 125. The molecule has 0 radical (unpaired) electrons. The summed E-state index contributed by atoms with van der Waals surface area (Å²) >= 11 is 0. The van der Waals surface area contributed by atoms with Gasteiger partial charge in [-0.1, -0.05) is 86.0 Å². The quantitative estimate of drug-likeness (QED) is 0.0334. The van der Waals surface area contributed by atoms with Gasteiger partial charge in [0.2, 0.25) is 53.7 Å². The zero-order valence-corrected chi connectivity index (χ0v) is 46.6. The lowest BCUT2D eigenvalue weighted by Crippen LogP contribution is -2.65. The normalized spacial score (nSPS) is 15.9. The molecule has 0 aromatic heterocycles. The first-order valence-electron chi connectivity index (χ1n) is 26.4. The molecular formula is C52H96N10O10. The highest BCUT2D eigenvalue weighted by Gasteiger charge is 2.41. The molecule has 0 aromatic rings. The van der Waals surface area contributed by atoms with Crippen molar-refractivity contribution in [3.8, 4) is 0 Å². The first-order chi connectivity index (χ1) is 33.4. The molecule has 1 aliphatic carbocycles. The maximum atomic E-state index is 14.1. The number of carbonyl (C=O) groups is 9. The molecule has 9 N–H and O–H groups in total. The van der Waals surface area contributed by atoms with Crippen LogP contribution in [0.2, 0.25) is 0 Å². The van der Waals surface area contributed by atoms with Crippen molar-refractivity contribution in [1.82, 2.24) is 52.3 Å². The first kappa shape index (κ1) is 65.2. The number of aliphatic hydroxyl groups is 1. The molecule has 0 heterocycles. The standard InChI is InChI=1S/C52H96N10O10/c1-16-17-18-19-20-21-26-40(62(32-63)37-24-22-23-25-37)45(68)57-42(36(7)64)46(69)59-51(10,11)48(71)56-38(29-33(2)3)43(66)55-39(30-34(4)5)44(67)58-52(12,13)49(72)60-50(8,9)47(70)53-28-27-41(65)54-35(6)31-61(14)15/h32-40,42,64H,16-31H2,1-15H3,(H,53,70)(H,54,65)(H,55,66)(H,56,71)(H,57,68)(H,58,67)(H,59,69)(H,60,72)/t35-,36+,38-,39-,40-,42-/m0/s1. The number of carbonyl (C=O) groups excluding carboxylic acids is 9. The lowest BCUT2D eigenvalue weighted by molar-refractivity contribution is -0.141.